The molecule has 2 N–H and O–H groups in total. The number of nitrogens with zero attached hydrogens (tertiary/aromatic N) is 2. The Bertz CT molecular complexity index is 882. The fourth-order valence-electron chi connectivity index (χ4n) is 3.84. The minimum Gasteiger partial charge on any atom is -0.493 e. The van der Waals surface area contributed by atoms with Crippen molar-refractivity contribution in [2.45, 2.75) is 39.4 Å². The summed E-state index contributed by atoms with van der Waals surface area (Å²) in [6, 6.07) is 16.9. The van der Waals surface area contributed by atoms with E-state index in [1.54, 1.807) is 0 Å². The highest BCUT2D eigenvalue weighted by Gasteiger charge is 2.22. The van der Waals surface area contributed by atoms with Crippen LogP contribution in [0.1, 0.15) is 36.5 Å². The molecule has 1 aliphatic carbocycles. The minimum atomic E-state index is 0. The summed E-state index contributed by atoms with van der Waals surface area (Å²) in [5.74, 6) is 2.52. The molecule has 0 amide bonds. The average molecular weight is 565 g/mol. The van der Waals surface area contributed by atoms with Gasteiger partial charge in [0.2, 0.25) is 0 Å². The maximum atomic E-state index is 6.05. The lowest BCUT2D eigenvalue weighted by Gasteiger charge is -2.27. The summed E-state index contributed by atoms with van der Waals surface area (Å²) >= 11 is 0. The van der Waals surface area contributed by atoms with Gasteiger partial charge in [-0.25, -0.2) is 4.99 Å². The molecule has 4 rings (SSSR count). The number of nitrogens with one attached hydrogen (secondary N) is 2. The first-order valence-electron chi connectivity index (χ1n) is 11.9. The summed E-state index contributed by atoms with van der Waals surface area (Å²) in [7, 11) is 0. The Balaban J connectivity index is 0.00000306. The molecule has 2 aliphatic rings. The molecule has 0 unspecified atom stereocenters. The minimum absolute atomic E-state index is 0. The highest BCUT2D eigenvalue weighted by atomic mass is 127. The molecule has 2 aromatic carbocycles. The number of benzene rings is 2. The van der Waals surface area contributed by atoms with Crippen molar-refractivity contribution in [1.82, 2.24) is 15.5 Å². The first kappa shape index (κ1) is 25.8. The van der Waals surface area contributed by atoms with Gasteiger partial charge in [0.25, 0.3) is 0 Å². The maximum absolute atomic E-state index is 6.05. The van der Waals surface area contributed by atoms with Crippen LogP contribution in [0.3, 0.4) is 0 Å². The quantitative estimate of drug-likeness (QED) is 0.258. The molecular weight excluding hydrogens is 527 g/mol. The summed E-state index contributed by atoms with van der Waals surface area (Å²) < 4.78 is 11.5. The predicted octanol–water partition coefficient (Wildman–Crippen LogP) is 4.18. The Hall–Kier alpha value is -1.84. The monoisotopic (exact) mass is 564 g/mol. The summed E-state index contributed by atoms with van der Waals surface area (Å²) in [4.78, 5) is 7.29. The molecule has 0 radical (unpaired) electrons. The van der Waals surface area contributed by atoms with E-state index in [4.69, 9.17) is 14.5 Å². The van der Waals surface area contributed by atoms with Crippen LogP contribution in [0, 0.1) is 5.92 Å². The molecule has 0 bridgehead atoms. The van der Waals surface area contributed by atoms with Crippen LogP contribution >= 0.6 is 24.0 Å². The normalized spacial score (nSPS) is 16.7. The number of rotatable bonds is 10. The molecular formula is C26H37IN4O2. The standard InChI is InChI=1S/C26H36N4O2.HI/c1-2-27-26(29-18-23-8-5-6-10-25(23)32-20-21-11-12-21)28-17-22-7-3-4-9-24(22)19-30-13-15-31-16-14-30;/h3-10,21H,2,11-20H2,1H3,(H2,27,28,29);1H. The van der Waals surface area contributed by atoms with Crippen molar-refractivity contribution in [3.63, 3.8) is 0 Å². The smallest absolute Gasteiger partial charge is 0.191 e. The van der Waals surface area contributed by atoms with Crippen LogP contribution in [0.4, 0.5) is 0 Å². The van der Waals surface area contributed by atoms with Crippen LogP contribution in [0.2, 0.25) is 0 Å². The Morgan fingerprint density at radius 1 is 1.00 bits per heavy atom. The van der Waals surface area contributed by atoms with Crippen LogP contribution in [-0.4, -0.2) is 50.3 Å². The van der Waals surface area contributed by atoms with Gasteiger partial charge in [-0.15, -0.1) is 24.0 Å². The number of hydrogen-bond donors (Lipinski definition) is 2. The van der Waals surface area contributed by atoms with E-state index in [1.807, 2.05) is 6.07 Å². The lowest BCUT2D eigenvalue weighted by Crippen LogP contribution is -2.38. The zero-order valence-corrected chi connectivity index (χ0v) is 21.9. The van der Waals surface area contributed by atoms with Gasteiger partial charge < -0.3 is 20.1 Å². The Morgan fingerprint density at radius 3 is 2.42 bits per heavy atom. The lowest BCUT2D eigenvalue weighted by atomic mass is 10.1. The number of halogens is 1. The lowest BCUT2D eigenvalue weighted by molar-refractivity contribution is 0.0341. The number of ether oxygens (including phenoxy) is 2. The Labute approximate surface area is 215 Å². The van der Waals surface area contributed by atoms with Crippen LogP contribution in [0.15, 0.2) is 53.5 Å². The molecule has 1 saturated carbocycles. The number of hydrogen-bond acceptors (Lipinski definition) is 4. The molecule has 180 valence electrons. The molecule has 0 spiro atoms. The molecule has 0 aromatic heterocycles. The third kappa shape index (κ3) is 8.46. The van der Waals surface area contributed by atoms with Crippen molar-refractivity contribution in [1.29, 1.82) is 0 Å². The summed E-state index contributed by atoms with van der Waals surface area (Å²) in [6.07, 6.45) is 2.59. The van der Waals surface area contributed by atoms with E-state index in [-0.39, 0.29) is 24.0 Å². The second-order valence-corrected chi connectivity index (χ2v) is 8.57. The van der Waals surface area contributed by atoms with Gasteiger partial charge in [-0.1, -0.05) is 42.5 Å². The van der Waals surface area contributed by atoms with E-state index in [0.717, 1.165) is 75.7 Å². The van der Waals surface area contributed by atoms with Crippen molar-refractivity contribution in [3.8, 4) is 5.75 Å². The van der Waals surface area contributed by atoms with Crippen LogP contribution in [0.5, 0.6) is 5.75 Å². The Morgan fingerprint density at radius 2 is 1.70 bits per heavy atom. The average Bonchev–Trinajstić information content (AvgIpc) is 3.66. The molecule has 6 nitrogen and oxygen atoms in total. The zero-order valence-electron chi connectivity index (χ0n) is 19.6. The molecule has 2 fully saturated rings. The summed E-state index contributed by atoms with van der Waals surface area (Å²) in [5, 5.41) is 6.89. The van der Waals surface area contributed by atoms with Crippen LogP contribution in [0.25, 0.3) is 0 Å². The van der Waals surface area contributed by atoms with Crippen LogP contribution in [-0.2, 0) is 24.4 Å². The predicted molar refractivity (Wildman–Crippen MR) is 144 cm³/mol. The fourth-order valence-corrected chi connectivity index (χ4v) is 3.84. The largest absolute Gasteiger partial charge is 0.493 e. The van der Waals surface area contributed by atoms with Gasteiger partial charge in [0.1, 0.15) is 5.75 Å². The molecule has 2 aromatic rings. The van der Waals surface area contributed by atoms with Crippen molar-refractivity contribution in [3.05, 3.63) is 65.2 Å². The Kier molecular flexibility index (Phi) is 10.8. The first-order chi connectivity index (χ1) is 15.8. The van der Waals surface area contributed by atoms with E-state index in [9.17, 15) is 0 Å². The SMILES string of the molecule is CCNC(=NCc1ccccc1OCC1CC1)NCc1ccccc1CN1CCOCC1.I. The third-order valence-corrected chi connectivity index (χ3v) is 5.96. The van der Waals surface area contributed by atoms with Gasteiger partial charge in [0.15, 0.2) is 5.96 Å². The summed E-state index contributed by atoms with van der Waals surface area (Å²) in [6.45, 7) is 9.66. The van der Waals surface area contributed by atoms with Gasteiger partial charge in [0, 0.05) is 38.3 Å². The van der Waals surface area contributed by atoms with E-state index < -0.39 is 0 Å². The summed E-state index contributed by atoms with van der Waals surface area (Å²) in [5.41, 5.74) is 3.78. The first-order valence-corrected chi connectivity index (χ1v) is 11.9. The van der Waals surface area contributed by atoms with E-state index in [1.165, 1.54) is 24.0 Å². The van der Waals surface area contributed by atoms with E-state index in [0.29, 0.717) is 6.54 Å². The van der Waals surface area contributed by atoms with Gasteiger partial charge in [-0.3, -0.25) is 4.90 Å². The molecule has 1 saturated heterocycles. The topological polar surface area (TPSA) is 58.1 Å². The van der Waals surface area contributed by atoms with Crippen molar-refractivity contribution < 1.29 is 9.47 Å². The molecule has 7 heteroatoms. The van der Waals surface area contributed by atoms with Crippen LogP contribution < -0.4 is 15.4 Å². The van der Waals surface area contributed by atoms with Gasteiger partial charge in [-0.2, -0.15) is 0 Å². The second kappa shape index (κ2) is 13.8. The van der Waals surface area contributed by atoms with Gasteiger partial charge in [0.05, 0.1) is 26.4 Å². The van der Waals surface area contributed by atoms with Gasteiger partial charge in [-0.05, 0) is 42.9 Å². The third-order valence-electron chi connectivity index (χ3n) is 5.96. The maximum Gasteiger partial charge on any atom is 0.191 e. The number of para-hydroxylation sites is 1. The highest BCUT2D eigenvalue weighted by Crippen LogP contribution is 2.30. The zero-order chi connectivity index (χ0) is 22.0. The van der Waals surface area contributed by atoms with E-state index in [2.05, 4.69) is 64.9 Å². The molecule has 0 atom stereocenters. The second-order valence-electron chi connectivity index (χ2n) is 8.57. The molecule has 1 heterocycles. The number of morpholine rings is 1. The molecule has 33 heavy (non-hydrogen) atoms. The fraction of sp³-hybridized carbons (Fsp3) is 0.500. The van der Waals surface area contributed by atoms with E-state index >= 15 is 0 Å². The van der Waals surface area contributed by atoms with Crippen molar-refractivity contribution in [2.24, 2.45) is 10.9 Å². The highest BCUT2D eigenvalue weighted by molar-refractivity contribution is 14.0. The van der Waals surface area contributed by atoms with Crippen molar-refractivity contribution in [2.75, 3.05) is 39.5 Å². The van der Waals surface area contributed by atoms with Gasteiger partial charge >= 0.3 is 0 Å². The number of guanidine groups is 1. The molecule has 1 aliphatic heterocycles. The number of aliphatic imine (C=N–C) groups is 1. The van der Waals surface area contributed by atoms with Crippen molar-refractivity contribution >= 4 is 29.9 Å².